The smallest absolute Gasteiger partial charge is 0.262 e. The van der Waals surface area contributed by atoms with Crippen LogP contribution in [0.1, 0.15) is 82.4 Å². The van der Waals surface area contributed by atoms with Crippen LogP contribution in [0.2, 0.25) is 0 Å². The number of piperidine rings is 2. The highest BCUT2D eigenvalue weighted by molar-refractivity contribution is 6.23. The van der Waals surface area contributed by atoms with Gasteiger partial charge in [0.05, 0.1) is 11.1 Å². The average molecular weight is 606 g/mol. The van der Waals surface area contributed by atoms with Crippen molar-refractivity contribution in [2.75, 3.05) is 51.3 Å². The van der Waals surface area contributed by atoms with Crippen LogP contribution in [0.4, 0.5) is 5.69 Å². The van der Waals surface area contributed by atoms with Gasteiger partial charge in [-0.15, -0.1) is 0 Å². The van der Waals surface area contributed by atoms with Gasteiger partial charge in [-0.2, -0.15) is 0 Å². The molecule has 5 amide bonds. The lowest BCUT2D eigenvalue weighted by molar-refractivity contribution is -0.140. The largest absolute Gasteiger partial charge is 0.412 e. The first-order chi connectivity index (χ1) is 20.0. The molecule has 12 heteroatoms. The fourth-order valence-corrected chi connectivity index (χ4v) is 5.74. The number of rotatable bonds is 4. The molecule has 4 heterocycles. The minimum Gasteiger partial charge on any atom is -0.412 e. The van der Waals surface area contributed by atoms with Gasteiger partial charge in [-0.3, -0.25) is 34.2 Å². The summed E-state index contributed by atoms with van der Waals surface area (Å²) in [6.07, 6.45) is 1.71. The number of imide groups is 2. The fourth-order valence-electron chi connectivity index (χ4n) is 5.74. The van der Waals surface area contributed by atoms with Crippen molar-refractivity contribution in [1.82, 2.24) is 20.0 Å². The van der Waals surface area contributed by atoms with Crippen LogP contribution in [0.5, 0.6) is 0 Å². The van der Waals surface area contributed by atoms with Gasteiger partial charge in [0.2, 0.25) is 17.7 Å². The van der Waals surface area contributed by atoms with Crippen LogP contribution in [-0.2, 0) is 14.4 Å². The molecule has 0 saturated carbocycles. The maximum atomic E-state index is 13.1. The second-order valence-corrected chi connectivity index (χ2v) is 11.7. The molecule has 2 atom stereocenters. The Labute approximate surface area is 256 Å². The van der Waals surface area contributed by atoms with Gasteiger partial charge in [0, 0.05) is 64.8 Å². The number of anilines is 1. The molecule has 0 spiro atoms. The van der Waals surface area contributed by atoms with Gasteiger partial charge >= 0.3 is 0 Å². The van der Waals surface area contributed by atoms with Crippen LogP contribution < -0.4 is 10.2 Å². The molecule has 3 saturated heterocycles. The van der Waals surface area contributed by atoms with E-state index >= 15 is 0 Å². The van der Waals surface area contributed by atoms with Gasteiger partial charge in [-0.05, 0) is 57.4 Å². The maximum Gasteiger partial charge on any atom is 0.262 e. The SMILES string of the molecule is CC.CC(C)CO.C[C@@H]1CN(C)CCN1C(=O)C1CCN(c2ccc3c(c2)C(=O)N(C2CCC(=O)NC2=O)C3=O)CC1.O.[HH]. The van der Waals surface area contributed by atoms with E-state index in [0.29, 0.717) is 25.6 Å². The molecule has 0 radical (unpaired) electrons. The van der Waals surface area contributed by atoms with Gasteiger partial charge in [0.25, 0.3) is 11.8 Å². The Morgan fingerprint density at radius 2 is 1.60 bits per heavy atom. The molecule has 0 aromatic heterocycles. The number of aliphatic hydroxyl groups excluding tert-OH is 1. The lowest BCUT2D eigenvalue weighted by Gasteiger charge is -2.41. The molecule has 0 bridgehead atoms. The summed E-state index contributed by atoms with van der Waals surface area (Å²) in [5.41, 5.74) is 1.38. The Kier molecular flexibility index (Phi) is 13.3. The van der Waals surface area contributed by atoms with Crippen LogP contribution >= 0.6 is 0 Å². The third-order valence-corrected chi connectivity index (χ3v) is 8.11. The molecule has 4 N–H and O–H groups in total. The second-order valence-electron chi connectivity index (χ2n) is 11.7. The van der Waals surface area contributed by atoms with Crippen molar-refractivity contribution in [1.29, 1.82) is 0 Å². The fraction of sp³-hybridized carbons (Fsp3) is 0.645. The van der Waals surface area contributed by atoms with E-state index in [9.17, 15) is 24.0 Å². The Morgan fingerprint density at radius 1 is 1.00 bits per heavy atom. The summed E-state index contributed by atoms with van der Waals surface area (Å²) in [5, 5.41) is 10.4. The highest BCUT2D eigenvalue weighted by Gasteiger charge is 2.45. The van der Waals surface area contributed by atoms with Crippen LogP contribution in [-0.4, -0.2) is 113 Å². The molecule has 4 aliphatic heterocycles. The third-order valence-electron chi connectivity index (χ3n) is 8.11. The van der Waals surface area contributed by atoms with Gasteiger partial charge in [0.15, 0.2) is 0 Å². The minimum atomic E-state index is -0.970. The predicted octanol–water partition coefficient (Wildman–Crippen LogP) is 1.55. The average Bonchev–Trinajstić information content (AvgIpc) is 3.23. The van der Waals surface area contributed by atoms with Gasteiger partial charge < -0.3 is 25.3 Å². The molecule has 4 aliphatic rings. The summed E-state index contributed by atoms with van der Waals surface area (Å²) in [4.78, 5) is 70.3. The van der Waals surface area contributed by atoms with Gasteiger partial charge in [0.1, 0.15) is 6.04 Å². The third kappa shape index (κ3) is 8.18. The van der Waals surface area contributed by atoms with E-state index in [0.717, 1.165) is 43.1 Å². The number of nitrogens with one attached hydrogen (secondary N) is 1. The number of carbonyl (C=O) groups excluding carboxylic acids is 5. The number of aliphatic hydroxyl groups is 1. The van der Waals surface area contributed by atoms with Gasteiger partial charge in [-0.25, -0.2) is 0 Å². The number of hydrogen-bond donors (Lipinski definition) is 2. The van der Waals surface area contributed by atoms with E-state index in [1.54, 1.807) is 12.1 Å². The topological polar surface area (TPSA) is 162 Å². The monoisotopic (exact) mass is 605 g/mol. The number of piperazine rings is 1. The maximum absolute atomic E-state index is 13.1. The minimum absolute atomic E-state index is 0. The molecular formula is C31H51N5O7. The van der Waals surface area contributed by atoms with Crippen molar-refractivity contribution in [2.24, 2.45) is 11.8 Å². The van der Waals surface area contributed by atoms with Crippen LogP contribution in [0.25, 0.3) is 0 Å². The number of likely N-dealkylation sites (N-methyl/N-ethyl adjacent to an activating group) is 1. The molecule has 242 valence electrons. The van der Waals surface area contributed by atoms with Gasteiger partial charge in [-0.1, -0.05) is 27.7 Å². The van der Waals surface area contributed by atoms with Crippen molar-refractivity contribution < 1.29 is 36.0 Å². The zero-order valence-corrected chi connectivity index (χ0v) is 26.4. The number of amides is 5. The summed E-state index contributed by atoms with van der Waals surface area (Å²) in [6.45, 7) is 14.3. The van der Waals surface area contributed by atoms with E-state index < -0.39 is 29.7 Å². The molecular weight excluding hydrogens is 554 g/mol. The summed E-state index contributed by atoms with van der Waals surface area (Å²) in [6, 6.07) is 4.42. The van der Waals surface area contributed by atoms with Crippen molar-refractivity contribution in [3.63, 3.8) is 0 Å². The Balaban J connectivity index is 0.000000981. The van der Waals surface area contributed by atoms with E-state index in [1.807, 2.05) is 38.7 Å². The summed E-state index contributed by atoms with van der Waals surface area (Å²) < 4.78 is 0. The van der Waals surface area contributed by atoms with Crippen LogP contribution in [0.15, 0.2) is 18.2 Å². The molecule has 1 unspecified atom stereocenters. The summed E-state index contributed by atoms with van der Waals surface area (Å²) >= 11 is 0. The molecule has 0 aliphatic carbocycles. The molecule has 5 rings (SSSR count). The van der Waals surface area contributed by atoms with E-state index in [1.165, 1.54) is 0 Å². The summed E-state index contributed by atoms with van der Waals surface area (Å²) in [5.74, 6) is -1.34. The van der Waals surface area contributed by atoms with E-state index in [4.69, 9.17) is 5.11 Å². The van der Waals surface area contributed by atoms with Crippen LogP contribution in [0.3, 0.4) is 0 Å². The first-order valence-corrected chi connectivity index (χ1v) is 15.2. The number of carbonyl (C=O) groups is 5. The Hall–Kier alpha value is -3.35. The number of fused-ring (bicyclic) bond motifs is 1. The van der Waals surface area contributed by atoms with Crippen molar-refractivity contribution in [3.05, 3.63) is 29.3 Å². The number of benzene rings is 1. The molecule has 1 aromatic carbocycles. The van der Waals surface area contributed by atoms with Crippen molar-refractivity contribution in [3.8, 4) is 0 Å². The number of hydrogen-bond acceptors (Lipinski definition) is 8. The van der Waals surface area contributed by atoms with Crippen LogP contribution in [0, 0.1) is 11.8 Å². The first-order valence-electron chi connectivity index (χ1n) is 15.2. The first kappa shape index (κ1) is 35.8. The zero-order chi connectivity index (χ0) is 31.1. The van der Waals surface area contributed by atoms with E-state index in [-0.39, 0.29) is 48.7 Å². The predicted molar refractivity (Wildman–Crippen MR) is 166 cm³/mol. The van der Waals surface area contributed by atoms with Crippen molar-refractivity contribution >= 4 is 35.2 Å². The van der Waals surface area contributed by atoms with E-state index in [2.05, 4.69) is 29.1 Å². The number of nitrogens with zero attached hydrogens (tertiary/aromatic N) is 4. The molecule has 3 fully saturated rings. The molecule has 43 heavy (non-hydrogen) atoms. The highest BCUT2D eigenvalue weighted by Crippen LogP contribution is 2.32. The lowest BCUT2D eigenvalue weighted by Crippen LogP contribution is -2.55. The normalized spacial score (nSPS) is 22.7. The zero-order valence-electron chi connectivity index (χ0n) is 26.4. The molecule has 1 aromatic rings. The molecule has 12 nitrogen and oxygen atoms in total. The summed E-state index contributed by atoms with van der Waals surface area (Å²) in [7, 11) is 2.08. The second kappa shape index (κ2) is 15.9. The van der Waals surface area contributed by atoms with Crippen molar-refractivity contribution in [2.45, 2.75) is 72.4 Å². The Morgan fingerprint density at radius 3 is 2.16 bits per heavy atom. The Bertz CT molecular complexity index is 1170. The standard InChI is InChI=1S/C25H31N5O5.C4H10O.C2H6.H2O.H2/c1-15-14-27(2)11-12-29(15)23(33)16-7-9-28(10-8-16)17-3-4-18-19(13-17)25(35)30(24(18)34)20-5-6-21(31)26-22(20)32;1-4(2)3-5;1-2;;/h3-4,13,15-16,20H,5-12,14H2,1-2H3,(H,26,31,32);4-5H,3H2,1-2H3;1-2H3;1H2;1H/t15-,20?;;;;/m1..../s1. The quantitative estimate of drug-likeness (QED) is 0.489. The highest BCUT2D eigenvalue weighted by atomic mass is 16.3. The lowest BCUT2D eigenvalue weighted by atomic mass is 9.93.